The van der Waals surface area contributed by atoms with E-state index in [9.17, 15) is 0 Å². The molecule has 1 aliphatic heterocycles. The van der Waals surface area contributed by atoms with Gasteiger partial charge in [-0.1, -0.05) is 45.8 Å². The van der Waals surface area contributed by atoms with E-state index in [0.29, 0.717) is 0 Å². The maximum absolute atomic E-state index is 5.18. The normalized spacial score (nSPS) is 20.2. The van der Waals surface area contributed by atoms with Crippen LogP contribution >= 0.6 is 15.9 Å². The Kier molecular flexibility index (Phi) is 1.97. The van der Waals surface area contributed by atoms with Crippen LogP contribution in [0.4, 0.5) is 0 Å². The van der Waals surface area contributed by atoms with Gasteiger partial charge in [-0.25, -0.2) is 0 Å². The molecule has 64 valence electrons. The van der Waals surface area contributed by atoms with E-state index in [0.717, 1.165) is 13.2 Å². The number of hydrogen-bond donors (Lipinski definition) is 0. The number of rotatable bonds is 1. The summed E-state index contributed by atoms with van der Waals surface area (Å²) in [7, 11) is 0. The summed E-state index contributed by atoms with van der Waals surface area (Å²) in [6, 6.07) is 8.59. The maximum Gasteiger partial charge on any atom is 0.0971 e. The summed E-state index contributed by atoms with van der Waals surface area (Å²) in [4.78, 5) is 0. The summed E-state index contributed by atoms with van der Waals surface area (Å²) in [6.45, 7) is 3.67. The molecule has 1 heterocycles. The van der Waals surface area contributed by atoms with Crippen molar-refractivity contribution in [1.29, 1.82) is 0 Å². The second-order valence-corrected chi connectivity index (χ2v) is 4.84. The number of aryl methyl sites for hydroxylation is 1. The Morgan fingerprint density at radius 3 is 2.25 bits per heavy atom. The molecule has 12 heavy (non-hydrogen) atoms. The second-order valence-electron chi connectivity index (χ2n) is 3.32. The average molecular weight is 227 g/mol. The molecular formula is C10H11BrO. The molecule has 0 spiro atoms. The molecule has 0 bridgehead atoms. The first-order valence-electron chi connectivity index (χ1n) is 4.04. The lowest BCUT2D eigenvalue weighted by Crippen LogP contribution is -2.40. The molecule has 0 amide bonds. The van der Waals surface area contributed by atoms with E-state index in [-0.39, 0.29) is 4.32 Å². The van der Waals surface area contributed by atoms with Crippen LogP contribution in [0.5, 0.6) is 0 Å². The number of hydrogen-bond acceptors (Lipinski definition) is 1. The smallest absolute Gasteiger partial charge is 0.0971 e. The van der Waals surface area contributed by atoms with Crippen molar-refractivity contribution >= 4 is 15.9 Å². The molecule has 0 aromatic heterocycles. The minimum absolute atomic E-state index is 0.0979. The number of halogens is 1. The Morgan fingerprint density at radius 1 is 1.25 bits per heavy atom. The van der Waals surface area contributed by atoms with Gasteiger partial charge in [0.25, 0.3) is 0 Å². The monoisotopic (exact) mass is 226 g/mol. The Balaban J connectivity index is 2.28. The van der Waals surface area contributed by atoms with Crippen LogP contribution in [-0.2, 0) is 9.06 Å². The van der Waals surface area contributed by atoms with Crippen LogP contribution in [0.15, 0.2) is 24.3 Å². The number of benzene rings is 1. The number of alkyl halides is 1. The Labute approximate surface area is 80.9 Å². The average Bonchev–Trinajstić information content (AvgIpc) is 2.02. The molecular weight excluding hydrogens is 216 g/mol. The van der Waals surface area contributed by atoms with Gasteiger partial charge in [-0.3, -0.25) is 0 Å². The third kappa shape index (κ3) is 1.29. The van der Waals surface area contributed by atoms with Crippen molar-refractivity contribution in [2.75, 3.05) is 13.2 Å². The van der Waals surface area contributed by atoms with Crippen LogP contribution in [0.1, 0.15) is 11.1 Å². The van der Waals surface area contributed by atoms with Gasteiger partial charge in [-0.15, -0.1) is 0 Å². The zero-order chi connectivity index (χ0) is 8.60. The van der Waals surface area contributed by atoms with Gasteiger partial charge < -0.3 is 4.74 Å². The Bertz CT molecular complexity index is 274. The minimum Gasteiger partial charge on any atom is -0.378 e. The van der Waals surface area contributed by atoms with Crippen LogP contribution in [0.3, 0.4) is 0 Å². The third-order valence-corrected chi connectivity index (χ3v) is 3.15. The second kappa shape index (κ2) is 2.86. The molecule has 0 unspecified atom stereocenters. The molecule has 2 heteroatoms. The van der Waals surface area contributed by atoms with Crippen LogP contribution in [0, 0.1) is 6.92 Å². The quantitative estimate of drug-likeness (QED) is 0.670. The van der Waals surface area contributed by atoms with Crippen LogP contribution < -0.4 is 0 Å². The largest absolute Gasteiger partial charge is 0.378 e. The van der Waals surface area contributed by atoms with Gasteiger partial charge in [0.2, 0.25) is 0 Å². The van der Waals surface area contributed by atoms with Gasteiger partial charge in [-0.05, 0) is 12.5 Å². The molecule has 2 rings (SSSR count). The highest BCUT2D eigenvalue weighted by Gasteiger charge is 2.37. The van der Waals surface area contributed by atoms with Crippen molar-refractivity contribution in [3.05, 3.63) is 35.4 Å². The van der Waals surface area contributed by atoms with Crippen molar-refractivity contribution in [3.8, 4) is 0 Å². The van der Waals surface area contributed by atoms with Crippen LogP contribution in [0.2, 0.25) is 0 Å². The van der Waals surface area contributed by atoms with Gasteiger partial charge in [0.05, 0.1) is 17.5 Å². The van der Waals surface area contributed by atoms with Gasteiger partial charge in [0, 0.05) is 0 Å². The summed E-state index contributed by atoms with van der Waals surface area (Å²) >= 11 is 3.68. The molecule has 0 N–H and O–H groups in total. The molecule has 0 radical (unpaired) electrons. The van der Waals surface area contributed by atoms with Crippen molar-refractivity contribution in [1.82, 2.24) is 0 Å². The molecule has 1 aromatic carbocycles. The van der Waals surface area contributed by atoms with Crippen LogP contribution in [-0.4, -0.2) is 13.2 Å². The lowest BCUT2D eigenvalue weighted by Gasteiger charge is -2.36. The van der Waals surface area contributed by atoms with E-state index in [1.54, 1.807) is 0 Å². The van der Waals surface area contributed by atoms with E-state index >= 15 is 0 Å². The minimum atomic E-state index is 0.0979. The van der Waals surface area contributed by atoms with E-state index in [2.05, 4.69) is 47.1 Å². The summed E-state index contributed by atoms with van der Waals surface area (Å²) in [5, 5.41) is 0. The van der Waals surface area contributed by atoms with Gasteiger partial charge in [0.1, 0.15) is 0 Å². The zero-order valence-corrected chi connectivity index (χ0v) is 8.60. The fourth-order valence-electron chi connectivity index (χ4n) is 1.30. The lowest BCUT2D eigenvalue weighted by molar-refractivity contribution is -0.00698. The first kappa shape index (κ1) is 8.27. The van der Waals surface area contributed by atoms with Crippen molar-refractivity contribution in [2.24, 2.45) is 0 Å². The zero-order valence-electron chi connectivity index (χ0n) is 7.01. The molecule has 1 fully saturated rings. The van der Waals surface area contributed by atoms with Gasteiger partial charge >= 0.3 is 0 Å². The highest BCUT2D eigenvalue weighted by molar-refractivity contribution is 9.09. The first-order valence-corrected chi connectivity index (χ1v) is 4.84. The summed E-state index contributed by atoms with van der Waals surface area (Å²) in [6.07, 6.45) is 0. The molecule has 0 atom stereocenters. The number of ether oxygens (including phenoxy) is 1. The fourth-order valence-corrected chi connectivity index (χ4v) is 1.89. The lowest BCUT2D eigenvalue weighted by atomic mass is 9.96. The van der Waals surface area contributed by atoms with Crippen molar-refractivity contribution < 1.29 is 4.74 Å². The summed E-state index contributed by atoms with van der Waals surface area (Å²) in [5.74, 6) is 0. The molecule has 0 aliphatic carbocycles. The summed E-state index contributed by atoms with van der Waals surface area (Å²) < 4.78 is 5.27. The molecule has 1 aromatic rings. The first-order chi connectivity index (χ1) is 5.71. The molecule has 1 nitrogen and oxygen atoms in total. The maximum atomic E-state index is 5.18. The Hall–Kier alpha value is -0.340. The van der Waals surface area contributed by atoms with E-state index in [4.69, 9.17) is 4.74 Å². The molecule has 1 saturated heterocycles. The predicted molar refractivity (Wildman–Crippen MR) is 52.6 cm³/mol. The van der Waals surface area contributed by atoms with Gasteiger partial charge in [-0.2, -0.15) is 0 Å². The topological polar surface area (TPSA) is 9.23 Å². The molecule has 1 aliphatic rings. The van der Waals surface area contributed by atoms with Crippen molar-refractivity contribution in [2.45, 2.75) is 11.2 Å². The van der Waals surface area contributed by atoms with Gasteiger partial charge in [0.15, 0.2) is 0 Å². The van der Waals surface area contributed by atoms with E-state index < -0.39 is 0 Å². The fraction of sp³-hybridized carbons (Fsp3) is 0.400. The van der Waals surface area contributed by atoms with Crippen LogP contribution in [0.25, 0.3) is 0 Å². The van der Waals surface area contributed by atoms with Crippen molar-refractivity contribution in [3.63, 3.8) is 0 Å². The standard InChI is InChI=1S/C10H11BrO/c1-8-2-4-9(5-3-8)10(11)6-12-7-10/h2-5H,6-7H2,1H3. The predicted octanol–water partition coefficient (Wildman–Crippen LogP) is 2.62. The SMILES string of the molecule is Cc1ccc(C2(Br)COC2)cc1. The summed E-state index contributed by atoms with van der Waals surface area (Å²) in [5.41, 5.74) is 2.62. The Morgan fingerprint density at radius 2 is 1.83 bits per heavy atom. The highest BCUT2D eigenvalue weighted by Crippen LogP contribution is 2.38. The third-order valence-electron chi connectivity index (χ3n) is 2.23. The highest BCUT2D eigenvalue weighted by atomic mass is 79.9. The van der Waals surface area contributed by atoms with E-state index in [1.165, 1.54) is 11.1 Å². The van der Waals surface area contributed by atoms with E-state index in [1.807, 2.05) is 0 Å². The molecule has 0 saturated carbocycles.